The van der Waals surface area contributed by atoms with E-state index in [0.717, 1.165) is 42.6 Å². The summed E-state index contributed by atoms with van der Waals surface area (Å²) in [5.41, 5.74) is 2.64. The lowest BCUT2D eigenvalue weighted by Gasteiger charge is -2.21. The van der Waals surface area contributed by atoms with Gasteiger partial charge in [0.05, 0.1) is 16.7 Å². The molecule has 21 heavy (non-hydrogen) atoms. The minimum absolute atomic E-state index is 0.434. The first-order chi connectivity index (χ1) is 10.2. The largest absolute Gasteiger partial charge is 0.354 e. The van der Waals surface area contributed by atoms with Crippen molar-refractivity contribution in [1.29, 1.82) is 0 Å². The van der Waals surface area contributed by atoms with Gasteiger partial charge in [0.2, 0.25) is 0 Å². The van der Waals surface area contributed by atoms with Crippen molar-refractivity contribution in [3.8, 4) is 0 Å². The van der Waals surface area contributed by atoms with Gasteiger partial charge in [-0.1, -0.05) is 0 Å². The van der Waals surface area contributed by atoms with E-state index in [-0.39, 0.29) is 0 Å². The van der Waals surface area contributed by atoms with Gasteiger partial charge < -0.3 is 4.90 Å². The fraction of sp³-hybridized carbons (Fsp3) is 0.533. The van der Waals surface area contributed by atoms with Gasteiger partial charge in [0.1, 0.15) is 11.6 Å². The maximum atomic E-state index is 4.74. The van der Waals surface area contributed by atoms with Gasteiger partial charge in [0, 0.05) is 30.5 Å². The third-order valence-corrected chi connectivity index (χ3v) is 4.84. The van der Waals surface area contributed by atoms with E-state index in [1.54, 1.807) is 0 Å². The number of hydrogen-bond acceptors (Lipinski definition) is 4. The topological polar surface area (TPSA) is 46.8 Å². The number of fused-ring (bicyclic) bond motifs is 1. The van der Waals surface area contributed by atoms with E-state index < -0.39 is 0 Å². The molecule has 0 bridgehead atoms. The molecule has 1 saturated heterocycles. The Morgan fingerprint density at radius 2 is 2.19 bits per heavy atom. The highest BCUT2D eigenvalue weighted by Gasteiger charge is 2.29. The van der Waals surface area contributed by atoms with Crippen molar-refractivity contribution in [1.82, 2.24) is 19.7 Å². The van der Waals surface area contributed by atoms with Crippen LogP contribution in [0, 0.1) is 6.92 Å². The minimum Gasteiger partial charge on any atom is -0.354 e. The zero-order valence-corrected chi connectivity index (χ0v) is 13.7. The third kappa shape index (κ3) is 2.35. The molecule has 2 aromatic heterocycles. The van der Waals surface area contributed by atoms with E-state index in [9.17, 15) is 0 Å². The first-order valence-electron chi connectivity index (χ1n) is 7.52. The van der Waals surface area contributed by atoms with Crippen molar-refractivity contribution in [2.75, 3.05) is 18.0 Å². The van der Waals surface area contributed by atoms with E-state index in [0.29, 0.717) is 6.04 Å². The quantitative estimate of drug-likeness (QED) is 0.837. The summed E-state index contributed by atoms with van der Waals surface area (Å²) in [4.78, 5) is 11.8. The van der Waals surface area contributed by atoms with Gasteiger partial charge in [-0.3, -0.25) is 4.68 Å². The van der Waals surface area contributed by atoms with E-state index in [4.69, 9.17) is 4.98 Å². The van der Waals surface area contributed by atoms with Crippen molar-refractivity contribution < 1.29 is 0 Å². The molecule has 110 valence electrons. The Kier molecular flexibility index (Phi) is 3.21. The maximum absolute atomic E-state index is 4.74. The van der Waals surface area contributed by atoms with Crippen LogP contribution in [0.1, 0.15) is 36.0 Å². The monoisotopic (exact) mass is 347 g/mol. The van der Waals surface area contributed by atoms with Crippen LogP contribution in [0.4, 0.5) is 5.82 Å². The van der Waals surface area contributed by atoms with Crippen LogP contribution in [0.25, 0.3) is 0 Å². The molecule has 1 atom stereocenters. The molecule has 0 aromatic carbocycles. The Bertz CT molecular complexity index is 681. The predicted octanol–water partition coefficient (Wildman–Crippen LogP) is 2.68. The first-order valence-corrected chi connectivity index (χ1v) is 8.31. The first kappa shape index (κ1) is 13.2. The molecule has 6 heteroatoms. The van der Waals surface area contributed by atoms with Crippen LogP contribution in [0.15, 0.2) is 16.9 Å². The van der Waals surface area contributed by atoms with Gasteiger partial charge >= 0.3 is 0 Å². The standard InChI is InChI=1S/C15H18BrN5/c1-10-18-14-4-2-3-13(14)15(19-10)20-6-5-12(9-20)21-8-11(16)7-17-21/h7-8,12H,2-6,9H2,1H3. The van der Waals surface area contributed by atoms with Crippen LogP contribution in [-0.4, -0.2) is 32.8 Å². The van der Waals surface area contributed by atoms with Gasteiger partial charge in [0.25, 0.3) is 0 Å². The molecule has 0 amide bonds. The average Bonchev–Trinajstić information content (AvgIpc) is 3.15. The fourth-order valence-electron chi connectivity index (χ4n) is 3.46. The number of nitrogens with zero attached hydrogens (tertiary/aromatic N) is 5. The number of anilines is 1. The Morgan fingerprint density at radius 3 is 3.00 bits per heavy atom. The molecule has 1 aliphatic heterocycles. The van der Waals surface area contributed by atoms with Crippen molar-refractivity contribution >= 4 is 21.7 Å². The number of halogens is 1. The van der Waals surface area contributed by atoms with Gasteiger partial charge in [0.15, 0.2) is 0 Å². The highest BCUT2D eigenvalue weighted by atomic mass is 79.9. The fourth-order valence-corrected chi connectivity index (χ4v) is 3.76. The minimum atomic E-state index is 0.434. The van der Waals surface area contributed by atoms with Gasteiger partial charge in [-0.2, -0.15) is 5.10 Å². The normalized spacial score (nSPS) is 21.0. The maximum Gasteiger partial charge on any atom is 0.135 e. The van der Waals surface area contributed by atoms with Gasteiger partial charge in [-0.05, 0) is 48.5 Å². The van der Waals surface area contributed by atoms with Crippen LogP contribution in [0.2, 0.25) is 0 Å². The van der Waals surface area contributed by atoms with Crippen LogP contribution >= 0.6 is 15.9 Å². The van der Waals surface area contributed by atoms with Crippen LogP contribution < -0.4 is 4.90 Å². The predicted molar refractivity (Wildman–Crippen MR) is 84.6 cm³/mol. The van der Waals surface area contributed by atoms with Crippen LogP contribution in [0.3, 0.4) is 0 Å². The van der Waals surface area contributed by atoms with E-state index >= 15 is 0 Å². The summed E-state index contributed by atoms with van der Waals surface area (Å²) in [6.45, 7) is 4.03. The SMILES string of the molecule is Cc1nc2c(c(N3CCC(n4cc(Br)cn4)C3)n1)CCC2. The van der Waals surface area contributed by atoms with E-state index in [1.165, 1.54) is 23.5 Å². The van der Waals surface area contributed by atoms with Crippen molar-refractivity contribution in [2.45, 2.75) is 38.6 Å². The Hall–Kier alpha value is -1.43. The summed E-state index contributed by atoms with van der Waals surface area (Å²) >= 11 is 3.47. The molecule has 0 saturated carbocycles. The molecule has 0 N–H and O–H groups in total. The second-order valence-corrected chi connectivity index (χ2v) is 6.82. The Labute approximate surface area is 132 Å². The van der Waals surface area contributed by atoms with Crippen molar-refractivity contribution in [3.63, 3.8) is 0 Å². The summed E-state index contributed by atoms with van der Waals surface area (Å²) in [6, 6.07) is 0.434. The molecular formula is C15H18BrN5. The summed E-state index contributed by atoms with van der Waals surface area (Å²) < 4.78 is 3.11. The number of aryl methyl sites for hydroxylation is 2. The molecule has 1 fully saturated rings. The summed E-state index contributed by atoms with van der Waals surface area (Å²) in [7, 11) is 0. The van der Waals surface area contributed by atoms with Crippen LogP contribution in [-0.2, 0) is 12.8 Å². The molecule has 3 heterocycles. The average molecular weight is 348 g/mol. The highest BCUT2D eigenvalue weighted by Crippen LogP contribution is 2.33. The Balaban J connectivity index is 1.61. The third-order valence-electron chi connectivity index (χ3n) is 4.43. The number of aromatic nitrogens is 4. The molecule has 0 spiro atoms. The molecule has 5 nitrogen and oxygen atoms in total. The Morgan fingerprint density at radius 1 is 1.29 bits per heavy atom. The lowest BCUT2D eigenvalue weighted by Crippen LogP contribution is -2.24. The molecule has 2 aromatic rings. The molecule has 4 rings (SSSR count). The summed E-state index contributed by atoms with van der Waals surface area (Å²) in [6.07, 6.45) is 8.48. The molecule has 0 radical (unpaired) electrons. The van der Waals surface area contributed by atoms with Gasteiger partial charge in [-0.15, -0.1) is 0 Å². The number of hydrogen-bond donors (Lipinski definition) is 0. The molecular weight excluding hydrogens is 330 g/mol. The van der Waals surface area contributed by atoms with Crippen molar-refractivity contribution in [3.05, 3.63) is 33.9 Å². The lowest BCUT2D eigenvalue weighted by molar-refractivity contribution is 0.494. The van der Waals surface area contributed by atoms with Crippen LogP contribution in [0.5, 0.6) is 0 Å². The van der Waals surface area contributed by atoms with Gasteiger partial charge in [-0.25, -0.2) is 9.97 Å². The molecule has 1 unspecified atom stereocenters. The second kappa shape index (κ2) is 5.09. The zero-order valence-electron chi connectivity index (χ0n) is 12.1. The van der Waals surface area contributed by atoms with E-state index in [2.05, 4.69) is 41.8 Å². The summed E-state index contributed by atoms with van der Waals surface area (Å²) in [5.74, 6) is 2.07. The van der Waals surface area contributed by atoms with Crippen molar-refractivity contribution in [2.24, 2.45) is 0 Å². The summed E-state index contributed by atoms with van der Waals surface area (Å²) in [5, 5.41) is 4.43. The van der Waals surface area contributed by atoms with E-state index in [1.807, 2.05) is 13.1 Å². The highest BCUT2D eigenvalue weighted by molar-refractivity contribution is 9.10. The molecule has 1 aliphatic carbocycles. The zero-order chi connectivity index (χ0) is 14.4. The number of rotatable bonds is 2. The smallest absolute Gasteiger partial charge is 0.135 e. The molecule has 2 aliphatic rings. The second-order valence-electron chi connectivity index (χ2n) is 5.90. The lowest BCUT2D eigenvalue weighted by atomic mass is 10.2.